The third-order valence-corrected chi connectivity index (χ3v) is 2.97. The molecular formula is C11H8ClN3O. The Balaban J connectivity index is 2.65. The van der Waals surface area contributed by atoms with Gasteiger partial charge < -0.3 is 0 Å². The lowest BCUT2D eigenvalue weighted by Crippen LogP contribution is -2.11. The molecule has 0 spiro atoms. The lowest BCUT2D eigenvalue weighted by Gasteiger charge is -1.99. The molecule has 1 aromatic carbocycles. The van der Waals surface area contributed by atoms with E-state index in [2.05, 4.69) is 10.1 Å². The second-order valence-corrected chi connectivity index (χ2v) is 4.07. The molecule has 0 saturated carbocycles. The molecule has 16 heavy (non-hydrogen) atoms. The number of hydrogen-bond donors (Lipinski definition) is 1. The Labute approximate surface area is 95.5 Å². The molecule has 2 aromatic heterocycles. The van der Waals surface area contributed by atoms with E-state index in [0.717, 1.165) is 10.9 Å². The molecule has 80 valence electrons. The van der Waals surface area contributed by atoms with E-state index in [4.69, 9.17) is 11.6 Å². The van der Waals surface area contributed by atoms with Crippen LogP contribution in [0.4, 0.5) is 0 Å². The third kappa shape index (κ3) is 1.10. The Hall–Kier alpha value is -1.81. The van der Waals surface area contributed by atoms with Gasteiger partial charge in [0.2, 0.25) is 0 Å². The molecule has 1 N–H and O–H groups in total. The maximum Gasteiger partial charge on any atom is 0.275 e. The molecule has 0 aliphatic heterocycles. The van der Waals surface area contributed by atoms with E-state index in [1.807, 2.05) is 12.1 Å². The standard InChI is InChI=1S/C11H8ClN3O/c1-15-11(16)7-5-13-10-6(9(7)14-15)3-2-4-8(10)12/h2-5,14H,1H3. The van der Waals surface area contributed by atoms with Gasteiger partial charge in [0, 0.05) is 18.6 Å². The summed E-state index contributed by atoms with van der Waals surface area (Å²) in [6, 6.07) is 5.52. The van der Waals surface area contributed by atoms with Crippen molar-refractivity contribution < 1.29 is 0 Å². The molecule has 3 aromatic rings. The summed E-state index contributed by atoms with van der Waals surface area (Å²) in [6.45, 7) is 0. The molecule has 0 aliphatic rings. The van der Waals surface area contributed by atoms with E-state index in [-0.39, 0.29) is 5.56 Å². The molecule has 0 amide bonds. The number of nitrogens with zero attached hydrogens (tertiary/aromatic N) is 2. The van der Waals surface area contributed by atoms with Crippen molar-refractivity contribution in [1.82, 2.24) is 14.8 Å². The smallest absolute Gasteiger partial charge is 0.275 e. The van der Waals surface area contributed by atoms with Crippen LogP contribution >= 0.6 is 11.6 Å². The van der Waals surface area contributed by atoms with Crippen LogP contribution in [0.3, 0.4) is 0 Å². The van der Waals surface area contributed by atoms with Crippen LogP contribution in [0.1, 0.15) is 0 Å². The van der Waals surface area contributed by atoms with Crippen molar-refractivity contribution in [2.75, 3.05) is 0 Å². The first-order valence-electron chi connectivity index (χ1n) is 4.80. The first-order valence-corrected chi connectivity index (χ1v) is 5.18. The quantitative estimate of drug-likeness (QED) is 0.646. The van der Waals surface area contributed by atoms with Crippen molar-refractivity contribution in [3.05, 3.63) is 39.8 Å². The average molecular weight is 234 g/mol. The van der Waals surface area contributed by atoms with Crippen molar-refractivity contribution in [1.29, 1.82) is 0 Å². The van der Waals surface area contributed by atoms with E-state index in [1.54, 1.807) is 19.3 Å². The summed E-state index contributed by atoms with van der Waals surface area (Å²) in [5.41, 5.74) is 1.41. The van der Waals surface area contributed by atoms with Crippen molar-refractivity contribution in [3.63, 3.8) is 0 Å². The fraction of sp³-hybridized carbons (Fsp3) is 0.0909. The number of para-hydroxylation sites is 1. The first-order chi connectivity index (χ1) is 7.68. The Morgan fingerprint density at radius 2 is 2.19 bits per heavy atom. The number of benzene rings is 1. The van der Waals surface area contributed by atoms with Crippen LogP contribution in [0.25, 0.3) is 21.8 Å². The van der Waals surface area contributed by atoms with Crippen LogP contribution < -0.4 is 5.56 Å². The highest BCUT2D eigenvalue weighted by Crippen LogP contribution is 2.25. The van der Waals surface area contributed by atoms with E-state index < -0.39 is 0 Å². The van der Waals surface area contributed by atoms with E-state index in [0.29, 0.717) is 15.9 Å². The second-order valence-electron chi connectivity index (χ2n) is 3.66. The summed E-state index contributed by atoms with van der Waals surface area (Å²) in [5, 5.41) is 5.03. The molecule has 0 saturated heterocycles. The molecule has 0 radical (unpaired) electrons. The summed E-state index contributed by atoms with van der Waals surface area (Å²) >= 11 is 6.04. The predicted octanol–water partition coefficient (Wildman–Crippen LogP) is 2.07. The Kier molecular flexibility index (Phi) is 1.82. The lowest BCUT2D eigenvalue weighted by molar-refractivity contribution is 0.751. The van der Waals surface area contributed by atoms with Gasteiger partial charge in [-0.1, -0.05) is 23.7 Å². The van der Waals surface area contributed by atoms with Crippen LogP contribution in [-0.2, 0) is 7.05 Å². The fourth-order valence-corrected chi connectivity index (χ4v) is 2.09. The first kappa shape index (κ1) is 9.42. The summed E-state index contributed by atoms with van der Waals surface area (Å²) < 4.78 is 1.44. The number of aromatic amines is 1. The fourth-order valence-electron chi connectivity index (χ4n) is 1.87. The molecule has 4 nitrogen and oxygen atoms in total. The van der Waals surface area contributed by atoms with Gasteiger partial charge in [-0.15, -0.1) is 0 Å². The number of nitrogens with one attached hydrogen (secondary N) is 1. The number of fused-ring (bicyclic) bond motifs is 3. The third-order valence-electron chi connectivity index (χ3n) is 2.66. The molecule has 3 rings (SSSR count). The van der Waals surface area contributed by atoms with Crippen LogP contribution in [-0.4, -0.2) is 14.8 Å². The van der Waals surface area contributed by atoms with E-state index in [9.17, 15) is 4.79 Å². The zero-order valence-corrected chi connectivity index (χ0v) is 9.25. The minimum Gasteiger partial charge on any atom is -0.294 e. The van der Waals surface area contributed by atoms with Crippen molar-refractivity contribution >= 4 is 33.4 Å². The zero-order valence-electron chi connectivity index (χ0n) is 8.49. The van der Waals surface area contributed by atoms with Crippen LogP contribution in [0.5, 0.6) is 0 Å². The molecule has 0 bridgehead atoms. The van der Waals surface area contributed by atoms with Gasteiger partial charge in [0.1, 0.15) is 0 Å². The number of H-pyrrole nitrogens is 1. The van der Waals surface area contributed by atoms with Gasteiger partial charge in [0.25, 0.3) is 5.56 Å². The van der Waals surface area contributed by atoms with Gasteiger partial charge in [-0.2, -0.15) is 0 Å². The maximum absolute atomic E-state index is 11.7. The minimum atomic E-state index is -0.0793. The summed E-state index contributed by atoms with van der Waals surface area (Å²) in [4.78, 5) is 15.9. The van der Waals surface area contributed by atoms with Crippen LogP contribution in [0.15, 0.2) is 29.2 Å². The predicted molar refractivity (Wildman–Crippen MR) is 63.9 cm³/mol. The average Bonchev–Trinajstić information content (AvgIpc) is 2.56. The summed E-state index contributed by atoms with van der Waals surface area (Å²) in [6.07, 6.45) is 1.56. The number of hydrogen-bond acceptors (Lipinski definition) is 2. The van der Waals surface area contributed by atoms with Crippen molar-refractivity contribution in [2.24, 2.45) is 7.05 Å². The van der Waals surface area contributed by atoms with Gasteiger partial charge in [-0.25, -0.2) is 0 Å². The molecular weight excluding hydrogens is 226 g/mol. The monoisotopic (exact) mass is 233 g/mol. The number of aryl methyl sites for hydroxylation is 1. The maximum atomic E-state index is 11.7. The lowest BCUT2D eigenvalue weighted by atomic mass is 10.2. The number of rotatable bonds is 0. The van der Waals surface area contributed by atoms with E-state index in [1.165, 1.54) is 4.68 Å². The number of aromatic nitrogens is 3. The normalized spacial score (nSPS) is 11.4. The Morgan fingerprint density at radius 3 is 3.00 bits per heavy atom. The van der Waals surface area contributed by atoms with Crippen molar-refractivity contribution in [2.45, 2.75) is 0 Å². The largest absolute Gasteiger partial charge is 0.294 e. The van der Waals surface area contributed by atoms with E-state index >= 15 is 0 Å². The summed E-state index contributed by atoms with van der Waals surface area (Å²) in [5.74, 6) is 0. The minimum absolute atomic E-state index is 0.0793. The molecule has 5 heteroatoms. The van der Waals surface area contributed by atoms with Crippen LogP contribution in [0.2, 0.25) is 5.02 Å². The van der Waals surface area contributed by atoms with Crippen LogP contribution in [0, 0.1) is 0 Å². The second kappa shape index (κ2) is 3.09. The topological polar surface area (TPSA) is 50.7 Å². The highest BCUT2D eigenvalue weighted by atomic mass is 35.5. The van der Waals surface area contributed by atoms with Gasteiger partial charge >= 0.3 is 0 Å². The molecule has 0 aliphatic carbocycles. The highest BCUT2D eigenvalue weighted by Gasteiger charge is 2.09. The molecule has 2 heterocycles. The Morgan fingerprint density at radius 1 is 1.38 bits per heavy atom. The van der Waals surface area contributed by atoms with Gasteiger partial charge in [0.15, 0.2) is 0 Å². The van der Waals surface area contributed by atoms with Crippen molar-refractivity contribution in [3.8, 4) is 0 Å². The molecule has 0 unspecified atom stereocenters. The number of pyridine rings is 1. The Bertz CT molecular complexity index is 757. The SMILES string of the molecule is Cn1[nH]c2c(cnc3c(Cl)cccc32)c1=O. The highest BCUT2D eigenvalue weighted by molar-refractivity contribution is 6.35. The summed E-state index contributed by atoms with van der Waals surface area (Å²) in [7, 11) is 1.68. The molecule has 0 atom stereocenters. The van der Waals surface area contributed by atoms with Gasteiger partial charge in [0.05, 0.1) is 21.4 Å². The zero-order chi connectivity index (χ0) is 11.3. The van der Waals surface area contributed by atoms with Gasteiger partial charge in [-0.3, -0.25) is 19.6 Å². The van der Waals surface area contributed by atoms with Gasteiger partial charge in [-0.05, 0) is 6.07 Å². The number of halogens is 1. The molecule has 0 fully saturated rings.